The Labute approximate surface area is 102 Å². The van der Waals surface area contributed by atoms with Crippen LogP contribution in [0.4, 0.5) is 0 Å². The highest BCUT2D eigenvalue weighted by molar-refractivity contribution is 8.01. The fourth-order valence-corrected chi connectivity index (χ4v) is 4.84. The number of carboxylic acid groups (broad SMARTS) is 1. The maximum absolute atomic E-state index is 11.1. The van der Waals surface area contributed by atoms with Crippen LogP contribution in [-0.4, -0.2) is 21.6 Å². The Morgan fingerprint density at radius 1 is 1.38 bits per heavy atom. The molecule has 2 aliphatic carbocycles. The van der Waals surface area contributed by atoms with E-state index in [0.717, 1.165) is 6.42 Å². The van der Waals surface area contributed by atoms with E-state index in [1.54, 1.807) is 11.8 Å². The highest BCUT2D eigenvalue weighted by atomic mass is 32.2. The van der Waals surface area contributed by atoms with Gasteiger partial charge in [0, 0.05) is 5.25 Å². The number of rotatable bonds is 4. The molecule has 0 bridgehead atoms. The summed E-state index contributed by atoms with van der Waals surface area (Å²) in [6.07, 6.45) is 10.2. The molecule has 0 heterocycles. The van der Waals surface area contributed by atoms with Crippen molar-refractivity contribution in [3.63, 3.8) is 0 Å². The molecular formula is C13H22O2S. The standard InChI is InChI=1S/C13H22O2S/c1-2-10(12(14)15)16-11-6-9-13(11)7-4-3-5-8-13/h10-11H,2-9H2,1H3,(H,14,15). The second-order valence-corrected chi connectivity index (χ2v) is 6.73. The van der Waals surface area contributed by atoms with Crippen molar-refractivity contribution in [3.8, 4) is 0 Å². The smallest absolute Gasteiger partial charge is 0.316 e. The first-order valence-corrected chi connectivity index (χ1v) is 7.50. The Bertz CT molecular complexity index is 259. The zero-order valence-electron chi connectivity index (χ0n) is 10.1. The zero-order chi connectivity index (χ0) is 11.6. The number of thioether (sulfide) groups is 1. The van der Waals surface area contributed by atoms with Crippen molar-refractivity contribution < 1.29 is 9.90 Å². The third-order valence-corrected chi connectivity index (χ3v) is 6.34. The van der Waals surface area contributed by atoms with Gasteiger partial charge in [-0.3, -0.25) is 4.79 Å². The first-order chi connectivity index (χ1) is 7.68. The van der Waals surface area contributed by atoms with Crippen LogP contribution < -0.4 is 0 Å². The van der Waals surface area contributed by atoms with Crippen LogP contribution in [0.1, 0.15) is 58.3 Å². The number of carbonyl (C=O) groups is 1. The van der Waals surface area contributed by atoms with Gasteiger partial charge in [0.05, 0.1) is 0 Å². The number of hydrogen-bond donors (Lipinski definition) is 1. The van der Waals surface area contributed by atoms with Gasteiger partial charge in [-0.15, -0.1) is 11.8 Å². The molecule has 0 radical (unpaired) electrons. The van der Waals surface area contributed by atoms with Crippen molar-refractivity contribution in [1.82, 2.24) is 0 Å². The average molecular weight is 242 g/mol. The monoisotopic (exact) mass is 242 g/mol. The predicted octanol–water partition coefficient (Wildman–Crippen LogP) is 3.70. The molecule has 0 aromatic heterocycles. The SMILES string of the molecule is CCC(SC1CCC12CCCCC2)C(=O)O. The topological polar surface area (TPSA) is 37.3 Å². The Morgan fingerprint density at radius 2 is 2.06 bits per heavy atom. The lowest BCUT2D eigenvalue weighted by Crippen LogP contribution is -2.45. The molecule has 1 N–H and O–H groups in total. The molecule has 2 aliphatic rings. The first-order valence-electron chi connectivity index (χ1n) is 6.56. The summed E-state index contributed by atoms with van der Waals surface area (Å²) in [4.78, 5) is 11.1. The number of aliphatic carboxylic acids is 1. The molecule has 0 amide bonds. The van der Waals surface area contributed by atoms with Crippen molar-refractivity contribution in [3.05, 3.63) is 0 Å². The van der Waals surface area contributed by atoms with Crippen molar-refractivity contribution in [2.45, 2.75) is 68.8 Å². The highest BCUT2D eigenvalue weighted by Crippen LogP contribution is 2.57. The predicted molar refractivity (Wildman–Crippen MR) is 67.8 cm³/mol. The zero-order valence-corrected chi connectivity index (χ0v) is 10.9. The summed E-state index contributed by atoms with van der Waals surface area (Å²) in [6.45, 7) is 1.98. The lowest BCUT2D eigenvalue weighted by Gasteiger charge is -2.52. The van der Waals surface area contributed by atoms with E-state index in [0.29, 0.717) is 10.7 Å². The van der Waals surface area contributed by atoms with Gasteiger partial charge in [0.2, 0.25) is 0 Å². The molecule has 2 nitrogen and oxygen atoms in total. The van der Waals surface area contributed by atoms with Crippen molar-refractivity contribution in [1.29, 1.82) is 0 Å². The third-order valence-electron chi connectivity index (χ3n) is 4.41. The van der Waals surface area contributed by atoms with Gasteiger partial charge < -0.3 is 5.11 Å². The quantitative estimate of drug-likeness (QED) is 0.817. The van der Waals surface area contributed by atoms with Crippen LogP contribution in [0.25, 0.3) is 0 Å². The Morgan fingerprint density at radius 3 is 2.50 bits per heavy atom. The molecule has 2 saturated carbocycles. The fraction of sp³-hybridized carbons (Fsp3) is 0.923. The molecule has 3 heteroatoms. The minimum absolute atomic E-state index is 0.177. The van der Waals surface area contributed by atoms with Gasteiger partial charge in [0.1, 0.15) is 5.25 Å². The van der Waals surface area contributed by atoms with Crippen LogP contribution in [0.2, 0.25) is 0 Å². The van der Waals surface area contributed by atoms with Gasteiger partial charge in [-0.2, -0.15) is 0 Å². The molecule has 2 unspecified atom stereocenters. The fourth-order valence-electron chi connectivity index (χ4n) is 3.24. The van der Waals surface area contributed by atoms with E-state index in [-0.39, 0.29) is 5.25 Å². The number of carboxylic acids is 1. The van der Waals surface area contributed by atoms with E-state index >= 15 is 0 Å². The van der Waals surface area contributed by atoms with E-state index in [2.05, 4.69) is 0 Å². The molecule has 0 aromatic carbocycles. The van der Waals surface area contributed by atoms with E-state index in [1.165, 1.54) is 44.9 Å². The summed E-state index contributed by atoms with van der Waals surface area (Å²) in [5, 5.41) is 9.56. The molecule has 16 heavy (non-hydrogen) atoms. The van der Waals surface area contributed by atoms with Crippen LogP contribution in [0.5, 0.6) is 0 Å². The third kappa shape index (κ3) is 2.24. The summed E-state index contributed by atoms with van der Waals surface area (Å²) in [7, 11) is 0. The van der Waals surface area contributed by atoms with Crippen LogP contribution in [0.15, 0.2) is 0 Å². The molecule has 2 fully saturated rings. The average Bonchev–Trinajstić information content (AvgIpc) is 2.29. The van der Waals surface area contributed by atoms with Crippen LogP contribution in [0.3, 0.4) is 0 Å². The van der Waals surface area contributed by atoms with E-state index in [4.69, 9.17) is 5.11 Å². The van der Waals surface area contributed by atoms with E-state index in [9.17, 15) is 4.79 Å². The van der Waals surface area contributed by atoms with Crippen molar-refractivity contribution in [2.24, 2.45) is 5.41 Å². The van der Waals surface area contributed by atoms with Gasteiger partial charge in [-0.05, 0) is 37.5 Å². The molecular weight excluding hydrogens is 220 g/mol. The van der Waals surface area contributed by atoms with Gasteiger partial charge in [0.15, 0.2) is 0 Å². The maximum atomic E-state index is 11.1. The minimum Gasteiger partial charge on any atom is -0.480 e. The van der Waals surface area contributed by atoms with E-state index in [1.807, 2.05) is 6.92 Å². The summed E-state index contributed by atoms with van der Waals surface area (Å²) in [5.41, 5.74) is 0.534. The van der Waals surface area contributed by atoms with E-state index < -0.39 is 5.97 Å². The van der Waals surface area contributed by atoms with Crippen LogP contribution >= 0.6 is 11.8 Å². The Kier molecular flexibility index (Phi) is 3.83. The van der Waals surface area contributed by atoms with Crippen molar-refractivity contribution in [2.75, 3.05) is 0 Å². The van der Waals surface area contributed by atoms with Gasteiger partial charge in [-0.25, -0.2) is 0 Å². The second kappa shape index (κ2) is 4.99. The number of hydrogen-bond acceptors (Lipinski definition) is 2. The molecule has 0 aliphatic heterocycles. The Hall–Kier alpha value is -0.180. The molecule has 2 atom stereocenters. The first kappa shape index (κ1) is 12.3. The van der Waals surface area contributed by atoms with Gasteiger partial charge in [0.25, 0.3) is 0 Å². The molecule has 1 spiro atoms. The molecule has 2 rings (SSSR count). The summed E-state index contributed by atoms with van der Waals surface area (Å²) in [6, 6.07) is 0. The summed E-state index contributed by atoms with van der Waals surface area (Å²) in [5.74, 6) is -0.620. The van der Waals surface area contributed by atoms with Crippen LogP contribution in [0, 0.1) is 5.41 Å². The van der Waals surface area contributed by atoms with Gasteiger partial charge in [-0.1, -0.05) is 26.2 Å². The lowest BCUT2D eigenvalue weighted by molar-refractivity contribution is -0.136. The molecule has 0 aromatic rings. The Balaban J connectivity index is 1.92. The normalized spacial score (nSPS) is 29.7. The van der Waals surface area contributed by atoms with Gasteiger partial charge >= 0.3 is 5.97 Å². The summed E-state index contributed by atoms with van der Waals surface area (Å²) >= 11 is 1.75. The summed E-state index contributed by atoms with van der Waals surface area (Å²) < 4.78 is 0. The lowest BCUT2D eigenvalue weighted by atomic mass is 9.60. The molecule has 0 saturated heterocycles. The molecule has 92 valence electrons. The highest BCUT2D eigenvalue weighted by Gasteiger charge is 2.48. The largest absolute Gasteiger partial charge is 0.480 e. The van der Waals surface area contributed by atoms with Crippen LogP contribution in [-0.2, 0) is 4.79 Å². The minimum atomic E-state index is -0.620. The second-order valence-electron chi connectivity index (χ2n) is 5.32. The maximum Gasteiger partial charge on any atom is 0.316 e. The van der Waals surface area contributed by atoms with Crippen molar-refractivity contribution >= 4 is 17.7 Å².